The molecule has 1 aliphatic carbocycles. The monoisotopic (exact) mass is 546 g/mol. The molecule has 3 atom stereocenters. The number of carbonyl (C=O) groups excluding carboxylic acids is 5. The van der Waals surface area contributed by atoms with Crippen LogP contribution in [-0.4, -0.2) is 46.0 Å². The van der Waals surface area contributed by atoms with E-state index in [0.717, 1.165) is 10.0 Å². The van der Waals surface area contributed by atoms with Gasteiger partial charge in [-0.25, -0.2) is 9.80 Å². The molecule has 0 spiro atoms. The lowest BCUT2D eigenvalue weighted by molar-refractivity contribution is -0.154. The SMILES string of the molecule is C[C@@H]1C=CC[C@@H]2C(=O)N(N(CC(=O)c3ccc(OC(=O)c4ccco4)cc3)C(=O)c3ccccc3Cl)C(=O)[C@H]12. The van der Waals surface area contributed by atoms with Crippen LogP contribution in [0.25, 0.3) is 0 Å². The molecule has 0 unspecified atom stereocenters. The average molecular weight is 547 g/mol. The molecule has 2 aromatic carbocycles. The lowest BCUT2D eigenvalue weighted by Gasteiger charge is -2.30. The molecule has 5 rings (SSSR count). The van der Waals surface area contributed by atoms with Crippen molar-refractivity contribution in [1.29, 1.82) is 0 Å². The summed E-state index contributed by atoms with van der Waals surface area (Å²) in [5.74, 6) is -4.30. The maximum Gasteiger partial charge on any atom is 0.379 e. The number of ether oxygens (including phenoxy) is 1. The van der Waals surface area contributed by atoms with E-state index < -0.39 is 47.9 Å². The second-order valence-corrected chi connectivity index (χ2v) is 9.71. The van der Waals surface area contributed by atoms with Crippen LogP contribution in [0.2, 0.25) is 5.02 Å². The molecular weight excluding hydrogens is 524 g/mol. The molecule has 1 saturated heterocycles. The number of fused-ring (bicyclic) bond motifs is 1. The van der Waals surface area contributed by atoms with Crippen molar-refractivity contribution in [1.82, 2.24) is 10.0 Å². The number of esters is 1. The summed E-state index contributed by atoms with van der Waals surface area (Å²) in [6, 6.07) is 14.9. The third-order valence-electron chi connectivity index (χ3n) is 6.83. The normalized spacial score (nSPS) is 20.1. The highest BCUT2D eigenvalue weighted by Crippen LogP contribution is 2.39. The number of halogens is 1. The van der Waals surface area contributed by atoms with E-state index in [-0.39, 0.29) is 33.6 Å². The van der Waals surface area contributed by atoms with E-state index in [1.165, 1.54) is 48.7 Å². The summed E-state index contributed by atoms with van der Waals surface area (Å²) in [7, 11) is 0. The van der Waals surface area contributed by atoms with Crippen molar-refractivity contribution in [3.8, 4) is 5.75 Å². The van der Waals surface area contributed by atoms with Crippen LogP contribution in [0.4, 0.5) is 0 Å². The van der Waals surface area contributed by atoms with Crippen LogP contribution in [0.15, 0.2) is 83.5 Å². The Kier molecular flexibility index (Phi) is 7.17. The molecular formula is C29H23ClN2O7. The molecule has 1 aromatic heterocycles. The predicted molar refractivity (Wildman–Crippen MR) is 139 cm³/mol. The zero-order valence-corrected chi connectivity index (χ0v) is 21.5. The Labute approximate surface area is 228 Å². The third kappa shape index (κ3) is 5.00. The van der Waals surface area contributed by atoms with Gasteiger partial charge in [0.15, 0.2) is 5.78 Å². The summed E-state index contributed by atoms with van der Waals surface area (Å²) in [6.45, 7) is 1.25. The molecule has 1 fully saturated rings. The van der Waals surface area contributed by atoms with Gasteiger partial charge in [-0.15, -0.1) is 0 Å². The lowest BCUT2D eigenvalue weighted by atomic mass is 9.78. The van der Waals surface area contributed by atoms with Gasteiger partial charge in [0, 0.05) is 5.56 Å². The quantitative estimate of drug-likeness (QED) is 0.140. The van der Waals surface area contributed by atoms with Crippen molar-refractivity contribution < 1.29 is 33.1 Å². The molecule has 39 heavy (non-hydrogen) atoms. The molecule has 0 N–H and O–H groups in total. The van der Waals surface area contributed by atoms with Gasteiger partial charge in [0.2, 0.25) is 5.76 Å². The Balaban J connectivity index is 1.41. The van der Waals surface area contributed by atoms with Crippen LogP contribution < -0.4 is 4.74 Å². The number of benzene rings is 2. The molecule has 198 valence electrons. The number of hydrogen-bond acceptors (Lipinski definition) is 7. The number of Topliss-reactive ketones (excluding diaryl/α,β-unsaturated/α-hetero) is 1. The second kappa shape index (κ2) is 10.7. The Bertz CT molecular complexity index is 1480. The fraction of sp³-hybridized carbons (Fsp3) is 0.207. The Hall–Kier alpha value is -4.50. The van der Waals surface area contributed by atoms with E-state index in [9.17, 15) is 24.0 Å². The third-order valence-corrected chi connectivity index (χ3v) is 7.16. The Morgan fingerprint density at radius 1 is 1.03 bits per heavy atom. The summed E-state index contributed by atoms with van der Waals surface area (Å²) in [4.78, 5) is 65.9. The standard InChI is InChI=1S/C29H23ClN2O7/c1-17-6-4-8-21-25(17)28(36)32(27(21)35)31(26(34)20-7-2-3-9-22(20)30)16-23(33)18-11-13-19(14-12-18)39-29(37)24-10-5-15-38-24/h2-7,9-15,17,21,25H,8,16H2,1H3/t17-,21+,25-/m1/s1. The van der Waals surface area contributed by atoms with E-state index in [1.807, 2.05) is 19.1 Å². The molecule has 0 radical (unpaired) electrons. The Morgan fingerprint density at radius 2 is 1.77 bits per heavy atom. The summed E-state index contributed by atoms with van der Waals surface area (Å²) in [6.07, 6.45) is 5.44. The highest BCUT2D eigenvalue weighted by molar-refractivity contribution is 6.34. The largest absolute Gasteiger partial charge is 0.457 e. The molecule has 3 amide bonds. The predicted octanol–water partition coefficient (Wildman–Crippen LogP) is 4.59. The highest BCUT2D eigenvalue weighted by Gasteiger charge is 2.53. The number of carbonyl (C=O) groups is 5. The first-order valence-corrected chi connectivity index (χ1v) is 12.6. The maximum atomic E-state index is 13.6. The van der Waals surface area contributed by atoms with Crippen LogP contribution in [0, 0.1) is 17.8 Å². The molecule has 3 aromatic rings. The average Bonchev–Trinajstić information content (AvgIpc) is 3.56. The smallest absolute Gasteiger partial charge is 0.379 e. The van der Waals surface area contributed by atoms with Gasteiger partial charge in [0.1, 0.15) is 12.3 Å². The number of imide groups is 1. The van der Waals surface area contributed by atoms with Gasteiger partial charge in [0.05, 0.1) is 28.7 Å². The van der Waals surface area contributed by atoms with Crippen molar-refractivity contribution in [2.45, 2.75) is 13.3 Å². The second-order valence-electron chi connectivity index (χ2n) is 9.30. The lowest BCUT2D eigenvalue weighted by Crippen LogP contribution is -2.52. The fourth-order valence-corrected chi connectivity index (χ4v) is 5.08. The van der Waals surface area contributed by atoms with Gasteiger partial charge in [-0.3, -0.25) is 19.2 Å². The van der Waals surface area contributed by atoms with Crippen molar-refractivity contribution in [2.24, 2.45) is 17.8 Å². The van der Waals surface area contributed by atoms with E-state index in [4.69, 9.17) is 20.8 Å². The molecule has 1 aliphatic heterocycles. The molecule has 2 heterocycles. The van der Waals surface area contributed by atoms with Crippen molar-refractivity contribution in [2.75, 3.05) is 6.54 Å². The zero-order chi connectivity index (χ0) is 27.7. The van der Waals surface area contributed by atoms with E-state index >= 15 is 0 Å². The van der Waals surface area contributed by atoms with Gasteiger partial charge in [-0.2, -0.15) is 5.01 Å². The summed E-state index contributed by atoms with van der Waals surface area (Å²) in [5, 5.41) is 1.81. The van der Waals surface area contributed by atoms with Gasteiger partial charge in [0.25, 0.3) is 17.7 Å². The molecule has 10 heteroatoms. The molecule has 0 bridgehead atoms. The fourth-order valence-electron chi connectivity index (χ4n) is 4.86. The Morgan fingerprint density at radius 3 is 2.44 bits per heavy atom. The van der Waals surface area contributed by atoms with Crippen LogP contribution in [0.1, 0.15) is 44.6 Å². The van der Waals surface area contributed by atoms with Crippen molar-refractivity contribution in [3.05, 3.63) is 101 Å². The van der Waals surface area contributed by atoms with Crippen LogP contribution in [0.5, 0.6) is 5.75 Å². The van der Waals surface area contributed by atoms with E-state index in [0.29, 0.717) is 6.42 Å². The number of ketones is 1. The number of allylic oxidation sites excluding steroid dienone is 2. The number of furan rings is 1. The van der Waals surface area contributed by atoms with Gasteiger partial charge in [-0.05, 0) is 60.9 Å². The summed E-state index contributed by atoms with van der Waals surface area (Å²) in [5.41, 5.74) is 0.227. The number of nitrogens with zero attached hydrogens (tertiary/aromatic N) is 2. The minimum absolute atomic E-state index is 0.0221. The van der Waals surface area contributed by atoms with Crippen LogP contribution in [0.3, 0.4) is 0 Å². The number of hydrazine groups is 1. The number of hydrogen-bond donors (Lipinski definition) is 0. The van der Waals surface area contributed by atoms with Crippen LogP contribution >= 0.6 is 11.6 Å². The highest BCUT2D eigenvalue weighted by atomic mass is 35.5. The van der Waals surface area contributed by atoms with Gasteiger partial charge >= 0.3 is 5.97 Å². The van der Waals surface area contributed by atoms with Crippen molar-refractivity contribution >= 4 is 41.1 Å². The number of amides is 3. The molecule has 0 saturated carbocycles. The summed E-state index contributed by atoms with van der Waals surface area (Å²) < 4.78 is 10.2. The van der Waals surface area contributed by atoms with E-state index in [2.05, 4.69) is 0 Å². The van der Waals surface area contributed by atoms with Crippen molar-refractivity contribution in [3.63, 3.8) is 0 Å². The first kappa shape index (κ1) is 26.1. The topological polar surface area (TPSA) is 114 Å². The van der Waals surface area contributed by atoms with Crippen LogP contribution in [-0.2, 0) is 9.59 Å². The summed E-state index contributed by atoms with van der Waals surface area (Å²) >= 11 is 6.26. The molecule has 2 aliphatic rings. The first-order valence-electron chi connectivity index (χ1n) is 12.3. The minimum atomic E-state index is -0.751. The minimum Gasteiger partial charge on any atom is -0.457 e. The maximum absolute atomic E-state index is 13.6. The number of rotatable bonds is 7. The molecule has 9 nitrogen and oxygen atoms in total. The first-order chi connectivity index (χ1) is 18.8. The zero-order valence-electron chi connectivity index (χ0n) is 20.8. The van der Waals surface area contributed by atoms with E-state index in [1.54, 1.807) is 18.2 Å². The van der Waals surface area contributed by atoms with Gasteiger partial charge in [-0.1, -0.05) is 42.8 Å². The van der Waals surface area contributed by atoms with Gasteiger partial charge < -0.3 is 9.15 Å².